The highest BCUT2D eigenvalue weighted by Gasteiger charge is 2.16. The van der Waals surface area contributed by atoms with E-state index in [0.717, 1.165) is 0 Å². The maximum atomic E-state index is 2.36. The van der Waals surface area contributed by atoms with Crippen LogP contribution in [0.4, 0.5) is 0 Å². The van der Waals surface area contributed by atoms with Crippen LogP contribution in [-0.4, -0.2) is 5.75 Å². The number of hydrogen-bond acceptors (Lipinski definition) is 2. The molecule has 0 spiro atoms. The predicted octanol–water partition coefficient (Wildman–Crippen LogP) is 2.70. The van der Waals surface area contributed by atoms with E-state index in [1.165, 1.54) is 19.2 Å². The van der Waals surface area contributed by atoms with Crippen LogP contribution in [0, 0.1) is 4.25 Å². The van der Waals surface area contributed by atoms with Gasteiger partial charge in [-0.2, -0.15) is 0 Å². The minimum Gasteiger partial charge on any atom is -0.139 e. The van der Waals surface area contributed by atoms with Crippen molar-refractivity contribution in [2.45, 2.75) is 0 Å². The summed E-state index contributed by atoms with van der Waals surface area (Å²) in [5.74, 6) is 1.19. The van der Waals surface area contributed by atoms with Crippen LogP contribution in [0.2, 0.25) is 0 Å². The van der Waals surface area contributed by atoms with Gasteiger partial charge in [-0.3, -0.25) is 0 Å². The van der Waals surface area contributed by atoms with Gasteiger partial charge in [0.15, 0.2) is 0 Å². The van der Waals surface area contributed by atoms with Gasteiger partial charge in [-0.1, -0.05) is 6.08 Å². The van der Waals surface area contributed by atoms with Gasteiger partial charge < -0.3 is 0 Å². The lowest BCUT2D eigenvalue weighted by Gasteiger charge is -1.88. The molecule has 54 valence electrons. The van der Waals surface area contributed by atoms with Crippen LogP contribution >= 0.6 is 31.3 Å². The third-order valence-corrected chi connectivity index (χ3v) is 5.46. The number of thioether (sulfide) groups is 1. The maximum absolute atomic E-state index is 2.36. The first-order valence-electron chi connectivity index (χ1n) is 3.45. The van der Waals surface area contributed by atoms with Gasteiger partial charge in [0.05, 0.1) is 4.25 Å². The van der Waals surface area contributed by atoms with E-state index in [9.17, 15) is 0 Å². The molecule has 11 heavy (non-hydrogen) atoms. The zero-order valence-corrected chi connectivity index (χ0v) is 8.23. The van der Waals surface area contributed by atoms with Gasteiger partial charge in [0, 0.05) is 21.2 Å². The van der Waals surface area contributed by atoms with E-state index >= 15 is 0 Å². The van der Waals surface area contributed by atoms with Gasteiger partial charge in [0.1, 0.15) is 0 Å². The molecule has 0 radical (unpaired) electrons. The van der Waals surface area contributed by atoms with Gasteiger partial charge in [0.2, 0.25) is 0 Å². The molecule has 0 saturated heterocycles. The summed E-state index contributed by atoms with van der Waals surface area (Å²) in [6.07, 6.45) is 2.36. The Kier molecular flexibility index (Phi) is 1.31. The van der Waals surface area contributed by atoms with Crippen molar-refractivity contribution in [3.8, 4) is 0 Å². The third kappa shape index (κ3) is 0.807. The average molecular weight is 196 g/mol. The lowest BCUT2D eigenvalue weighted by atomic mass is 10.4. The molecule has 0 N–H and O–H groups in total. The van der Waals surface area contributed by atoms with E-state index in [2.05, 4.69) is 17.5 Å². The van der Waals surface area contributed by atoms with Gasteiger partial charge in [0.25, 0.3) is 0 Å². The highest BCUT2D eigenvalue weighted by atomic mass is 32.2. The highest BCUT2D eigenvalue weighted by molar-refractivity contribution is 8.09. The summed E-state index contributed by atoms with van der Waals surface area (Å²) in [5.41, 5.74) is 0. The van der Waals surface area contributed by atoms with Gasteiger partial charge >= 0.3 is 0 Å². The standard InChI is InChI=1S/C8H5PS2/c1-3-11-8-5(1)7-6(9-8)2-4-10-7/h1-3H,4H2. The Hall–Kier alpha value is -0.0400. The molecule has 0 amide bonds. The third-order valence-electron chi connectivity index (χ3n) is 1.85. The van der Waals surface area contributed by atoms with E-state index < -0.39 is 0 Å². The Morgan fingerprint density at radius 1 is 1.45 bits per heavy atom. The number of hydrogen-bond donors (Lipinski definition) is 0. The summed E-state index contributed by atoms with van der Waals surface area (Å²) >= 11 is 3.87. The summed E-state index contributed by atoms with van der Waals surface area (Å²) in [5, 5.41) is 5.25. The fourth-order valence-corrected chi connectivity index (χ4v) is 5.17. The summed E-state index contributed by atoms with van der Waals surface area (Å²) in [6, 6.07) is 2.25. The van der Waals surface area contributed by atoms with Crippen molar-refractivity contribution < 1.29 is 0 Å². The van der Waals surface area contributed by atoms with Crippen LogP contribution in [0.3, 0.4) is 0 Å². The Morgan fingerprint density at radius 2 is 2.45 bits per heavy atom. The molecule has 1 aromatic rings. The monoisotopic (exact) mass is 196 g/mol. The number of rotatable bonds is 0. The van der Waals surface area contributed by atoms with E-state index in [1.54, 1.807) is 14.5 Å². The average Bonchev–Trinajstić information content (AvgIpc) is 2.52. The molecular formula is C8H5PS2. The van der Waals surface area contributed by atoms with Crippen LogP contribution in [0.1, 0.15) is 0 Å². The molecule has 0 aromatic carbocycles. The molecule has 0 fully saturated rings. The fourth-order valence-electron chi connectivity index (χ4n) is 1.35. The Bertz CT molecular complexity index is 453. The van der Waals surface area contributed by atoms with Crippen molar-refractivity contribution in [1.29, 1.82) is 0 Å². The van der Waals surface area contributed by atoms with E-state index in [0.29, 0.717) is 0 Å². The van der Waals surface area contributed by atoms with Gasteiger partial charge in [-0.15, -0.1) is 23.1 Å². The quantitative estimate of drug-likeness (QED) is 0.575. The molecule has 3 rings (SSSR count). The number of thiophene rings is 1. The molecule has 3 heterocycles. The van der Waals surface area contributed by atoms with Gasteiger partial charge in [-0.25, -0.2) is 0 Å². The molecular weight excluding hydrogens is 191 g/mol. The second kappa shape index (κ2) is 2.22. The van der Waals surface area contributed by atoms with Crippen LogP contribution in [-0.2, 0) is 0 Å². The second-order valence-electron chi connectivity index (χ2n) is 2.48. The van der Waals surface area contributed by atoms with E-state index in [4.69, 9.17) is 0 Å². The molecule has 0 bridgehead atoms. The lowest BCUT2D eigenvalue weighted by molar-refractivity contribution is 1.78. The SMILES string of the molecule is C1=C2P=c3sccc3=C2SC1. The highest BCUT2D eigenvalue weighted by Crippen LogP contribution is 2.43. The van der Waals surface area contributed by atoms with Crippen molar-refractivity contribution in [3.05, 3.63) is 32.3 Å². The minimum atomic E-state index is 1.19. The second-order valence-corrected chi connectivity index (χ2v) is 5.88. The first kappa shape index (κ1) is 6.47. The molecule has 0 unspecified atom stereocenters. The van der Waals surface area contributed by atoms with Crippen LogP contribution in [0.25, 0.3) is 4.91 Å². The smallest absolute Gasteiger partial charge is 0.0630 e. The van der Waals surface area contributed by atoms with E-state index in [-0.39, 0.29) is 0 Å². The summed E-state index contributed by atoms with van der Waals surface area (Å²) in [7, 11) is 1.45. The summed E-state index contributed by atoms with van der Waals surface area (Å²) < 4.78 is 1.54. The van der Waals surface area contributed by atoms with Crippen molar-refractivity contribution in [3.63, 3.8) is 0 Å². The topological polar surface area (TPSA) is 0 Å². The molecule has 2 aliphatic heterocycles. The van der Waals surface area contributed by atoms with Crippen LogP contribution in [0.5, 0.6) is 0 Å². The van der Waals surface area contributed by atoms with Crippen molar-refractivity contribution in [2.75, 3.05) is 5.75 Å². The molecule has 2 aliphatic rings. The zero-order chi connectivity index (χ0) is 7.26. The molecule has 1 aromatic heterocycles. The molecule has 0 nitrogen and oxygen atoms in total. The first-order chi connectivity index (χ1) is 5.45. The number of fused-ring (bicyclic) bond motifs is 2. The maximum Gasteiger partial charge on any atom is 0.0630 e. The van der Waals surface area contributed by atoms with Crippen LogP contribution in [0.15, 0.2) is 22.8 Å². The van der Waals surface area contributed by atoms with E-state index in [1.807, 2.05) is 23.1 Å². The Labute approximate surface area is 74.4 Å². The van der Waals surface area contributed by atoms with Crippen molar-refractivity contribution in [1.82, 2.24) is 0 Å². The minimum absolute atomic E-state index is 1.19. The first-order valence-corrected chi connectivity index (χ1v) is 6.21. The molecule has 3 heteroatoms. The Morgan fingerprint density at radius 3 is 3.45 bits per heavy atom. The van der Waals surface area contributed by atoms with Crippen LogP contribution < -0.4 is 5.22 Å². The lowest BCUT2D eigenvalue weighted by Crippen LogP contribution is -1.94. The summed E-state index contributed by atoms with van der Waals surface area (Å²) in [4.78, 5) is 1.54. The van der Waals surface area contributed by atoms with Crippen molar-refractivity contribution in [2.24, 2.45) is 0 Å². The molecule has 0 atom stereocenters. The zero-order valence-electron chi connectivity index (χ0n) is 5.70. The molecule has 0 aliphatic carbocycles. The Balaban J connectivity index is 2.55. The van der Waals surface area contributed by atoms with Gasteiger partial charge in [-0.05, 0) is 19.7 Å². The molecule has 0 saturated carbocycles. The largest absolute Gasteiger partial charge is 0.139 e. The summed E-state index contributed by atoms with van der Waals surface area (Å²) in [6.45, 7) is 0. The normalized spacial score (nSPS) is 20.7. The fraction of sp³-hybridized carbons (Fsp3) is 0.125. The predicted molar refractivity (Wildman–Crippen MR) is 53.6 cm³/mol. The van der Waals surface area contributed by atoms with Crippen molar-refractivity contribution >= 4 is 36.2 Å².